The summed E-state index contributed by atoms with van der Waals surface area (Å²) in [6.07, 6.45) is 2.79. The van der Waals surface area contributed by atoms with Crippen molar-refractivity contribution in [3.63, 3.8) is 0 Å². The predicted octanol–water partition coefficient (Wildman–Crippen LogP) is 2.05. The molecule has 12 heavy (non-hydrogen) atoms. The van der Waals surface area contributed by atoms with Crippen LogP contribution in [-0.4, -0.2) is 6.04 Å². The van der Waals surface area contributed by atoms with Gasteiger partial charge in [0.05, 0.1) is 6.26 Å². The second-order valence-corrected chi connectivity index (χ2v) is 4.13. The van der Waals surface area contributed by atoms with Crippen LogP contribution in [-0.2, 0) is 12.0 Å². The van der Waals surface area contributed by atoms with Gasteiger partial charge in [0.15, 0.2) is 0 Å². The van der Waals surface area contributed by atoms with Crippen LogP contribution in [0.4, 0.5) is 0 Å². The molecule has 2 nitrogen and oxygen atoms in total. The number of rotatable bonds is 0. The number of nitrogens with one attached hydrogen (secondary N) is 1. The van der Waals surface area contributed by atoms with Gasteiger partial charge >= 0.3 is 0 Å². The largest absolute Gasteiger partial charge is 0.469 e. The molecule has 0 spiro atoms. The van der Waals surface area contributed by atoms with Crippen LogP contribution in [0.25, 0.3) is 0 Å². The number of hydrogen-bond acceptors (Lipinski definition) is 2. The zero-order valence-electron chi connectivity index (χ0n) is 7.85. The van der Waals surface area contributed by atoms with Crippen molar-refractivity contribution in [1.29, 1.82) is 0 Å². The lowest BCUT2D eigenvalue weighted by atomic mass is 9.87. The Balaban J connectivity index is 2.45. The van der Waals surface area contributed by atoms with Crippen molar-refractivity contribution in [2.45, 2.75) is 38.8 Å². The van der Waals surface area contributed by atoms with E-state index in [1.54, 1.807) is 6.26 Å². The third kappa shape index (κ3) is 1.07. The smallest absolute Gasteiger partial charge is 0.110 e. The van der Waals surface area contributed by atoms with Gasteiger partial charge in [-0.05, 0) is 26.8 Å². The van der Waals surface area contributed by atoms with Gasteiger partial charge in [-0.25, -0.2) is 0 Å². The van der Waals surface area contributed by atoms with E-state index in [0.29, 0.717) is 6.04 Å². The van der Waals surface area contributed by atoms with Gasteiger partial charge in [-0.15, -0.1) is 0 Å². The van der Waals surface area contributed by atoms with Crippen LogP contribution in [0, 0.1) is 0 Å². The molecule has 0 aliphatic carbocycles. The van der Waals surface area contributed by atoms with Gasteiger partial charge in [0.25, 0.3) is 0 Å². The normalized spacial score (nSPS) is 26.8. The molecule has 1 unspecified atom stereocenters. The van der Waals surface area contributed by atoms with E-state index in [0.717, 1.165) is 12.2 Å². The molecule has 1 N–H and O–H groups in total. The van der Waals surface area contributed by atoms with Crippen molar-refractivity contribution >= 4 is 0 Å². The third-order valence-corrected chi connectivity index (χ3v) is 2.52. The molecule has 1 aromatic heterocycles. The Labute approximate surface area is 73.0 Å². The van der Waals surface area contributed by atoms with Crippen molar-refractivity contribution < 1.29 is 4.42 Å². The molecule has 2 heterocycles. The summed E-state index contributed by atoms with van der Waals surface area (Å²) in [6, 6.07) is 2.58. The van der Waals surface area contributed by atoms with E-state index in [1.165, 1.54) is 5.56 Å². The first-order chi connectivity index (χ1) is 5.59. The second kappa shape index (κ2) is 2.36. The molecule has 1 aromatic rings. The summed E-state index contributed by atoms with van der Waals surface area (Å²) in [7, 11) is 0. The Hall–Kier alpha value is -0.760. The van der Waals surface area contributed by atoms with Crippen LogP contribution in [0.3, 0.4) is 0 Å². The molecular weight excluding hydrogens is 150 g/mol. The molecule has 0 bridgehead atoms. The highest BCUT2D eigenvalue weighted by molar-refractivity contribution is 5.28. The Morgan fingerprint density at radius 2 is 2.33 bits per heavy atom. The molecule has 0 saturated heterocycles. The topological polar surface area (TPSA) is 25.2 Å². The number of furan rings is 1. The van der Waals surface area contributed by atoms with Crippen LogP contribution < -0.4 is 5.32 Å². The maximum Gasteiger partial charge on any atom is 0.110 e. The molecule has 0 aromatic carbocycles. The summed E-state index contributed by atoms with van der Waals surface area (Å²) >= 11 is 0. The van der Waals surface area contributed by atoms with E-state index in [9.17, 15) is 0 Å². The lowest BCUT2D eigenvalue weighted by Gasteiger charge is -2.34. The Kier molecular flexibility index (Phi) is 1.55. The van der Waals surface area contributed by atoms with Crippen molar-refractivity contribution in [3.8, 4) is 0 Å². The first-order valence-corrected chi connectivity index (χ1v) is 4.44. The lowest BCUT2D eigenvalue weighted by molar-refractivity contribution is 0.301. The van der Waals surface area contributed by atoms with Gasteiger partial charge in [0, 0.05) is 23.6 Å². The van der Waals surface area contributed by atoms with E-state index in [1.807, 2.05) is 0 Å². The summed E-state index contributed by atoms with van der Waals surface area (Å²) in [5, 5.41) is 3.54. The van der Waals surface area contributed by atoms with Gasteiger partial charge in [0.2, 0.25) is 0 Å². The minimum Gasteiger partial charge on any atom is -0.469 e. The lowest BCUT2D eigenvalue weighted by Crippen LogP contribution is -2.47. The highest BCUT2D eigenvalue weighted by Gasteiger charge is 2.31. The summed E-state index contributed by atoms with van der Waals surface area (Å²) < 4.78 is 5.42. The fourth-order valence-electron chi connectivity index (χ4n) is 2.08. The molecule has 66 valence electrons. The number of fused-ring (bicyclic) bond motifs is 1. The standard InChI is InChI=1S/C10H15NO/c1-7-6-9-8(4-5-12-9)10(2,3)11-7/h4-5,7,11H,6H2,1-3H3. The van der Waals surface area contributed by atoms with Gasteiger partial charge < -0.3 is 9.73 Å². The molecule has 1 aliphatic rings. The van der Waals surface area contributed by atoms with Gasteiger partial charge in [0.1, 0.15) is 5.76 Å². The second-order valence-electron chi connectivity index (χ2n) is 4.13. The maximum absolute atomic E-state index is 5.42. The molecule has 0 amide bonds. The van der Waals surface area contributed by atoms with Gasteiger partial charge in [-0.1, -0.05) is 0 Å². The molecule has 1 atom stereocenters. The molecule has 2 rings (SSSR count). The highest BCUT2D eigenvalue weighted by Crippen LogP contribution is 2.30. The summed E-state index contributed by atoms with van der Waals surface area (Å²) in [5.41, 5.74) is 1.38. The fourth-order valence-corrected chi connectivity index (χ4v) is 2.08. The maximum atomic E-state index is 5.42. The van der Waals surface area contributed by atoms with Crippen LogP contribution in [0.2, 0.25) is 0 Å². The molecule has 2 heteroatoms. The van der Waals surface area contributed by atoms with Crippen LogP contribution in [0.1, 0.15) is 32.1 Å². The average Bonchev–Trinajstić information content (AvgIpc) is 2.32. The quantitative estimate of drug-likeness (QED) is 0.636. The van der Waals surface area contributed by atoms with E-state index >= 15 is 0 Å². The van der Waals surface area contributed by atoms with E-state index < -0.39 is 0 Å². The minimum absolute atomic E-state index is 0.0694. The third-order valence-electron chi connectivity index (χ3n) is 2.52. The molecular formula is C10H15NO. The van der Waals surface area contributed by atoms with Crippen LogP contribution in [0.15, 0.2) is 16.7 Å². The Morgan fingerprint density at radius 1 is 1.58 bits per heavy atom. The van der Waals surface area contributed by atoms with Gasteiger partial charge in [-0.2, -0.15) is 0 Å². The average molecular weight is 165 g/mol. The van der Waals surface area contributed by atoms with E-state index in [4.69, 9.17) is 4.42 Å². The van der Waals surface area contributed by atoms with Crippen molar-refractivity contribution in [2.24, 2.45) is 0 Å². The fraction of sp³-hybridized carbons (Fsp3) is 0.600. The SMILES string of the molecule is CC1Cc2occc2C(C)(C)N1. The van der Waals surface area contributed by atoms with Crippen molar-refractivity contribution in [1.82, 2.24) is 5.32 Å². The molecule has 0 saturated carbocycles. The summed E-state index contributed by atoms with van der Waals surface area (Å²) in [6.45, 7) is 6.57. The van der Waals surface area contributed by atoms with E-state index in [-0.39, 0.29) is 5.54 Å². The highest BCUT2D eigenvalue weighted by atomic mass is 16.3. The predicted molar refractivity (Wildman–Crippen MR) is 48.0 cm³/mol. The summed E-state index contributed by atoms with van der Waals surface area (Å²) in [4.78, 5) is 0. The molecule has 1 aliphatic heterocycles. The first kappa shape index (κ1) is 7.87. The minimum atomic E-state index is 0.0694. The van der Waals surface area contributed by atoms with Crippen molar-refractivity contribution in [2.75, 3.05) is 0 Å². The monoisotopic (exact) mass is 165 g/mol. The zero-order chi connectivity index (χ0) is 8.77. The van der Waals surface area contributed by atoms with E-state index in [2.05, 4.69) is 32.2 Å². The van der Waals surface area contributed by atoms with Gasteiger partial charge in [-0.3, -0.25) is 0 Å². The van der Waals surface area contributed by atoms with Crippen LogP contribution >= 0.6 is 0 Å². The zero-order valence-corrected chi connectivity index (χ0v) is 7.85. The molecule has 0 fully saturated rings. The summed E-state index contributed by atoms with van der Waals surface area (Å²) in [5.74, 6) is 1.14. The first-order valence-electron chi connectivity index (χ1n) is 4.44. The van der Waals surface area contributed by atoms with Crippen LogP contribution in [0.5, 0.6) is 0 Å². The number of hydrogen-bond donors (Lipinski definition) is 1. The Bertz CT molecular complexity index is 288. The molecule has 0 radical (unpaired) electrons. The Morgan fingerprint density at radius 3 is 3.08 bits per heavy atom. The van der Waals surface area contributed by atoms with Crippen molar-refractivity contribution in [3.05, 3.63) is 23.7 Å².